The molecule has 0 aromatic rings. The third-order valence-corrected chi connectivity index (χ3v) is 2.67. The molecule has 0 bridgehead atoms. The lowest BCUT2D eigenvalue weighted by Gasteiger charge is -2.40. The van der Waals surface area contributed by atoms with Crippen molar-refractivity contribution in [2.75, 3.05) is 0 Å². The second kappa shape index (κ2) is 3.07. The highest BCUT2D eigenvalue weighted by atomic mass is 16.1. The van der Waals surface area contributed by atoms with Crippen molar-refractivity contribution < 1.29 is 4.79 Å². The lowest BCUT2D eigenvalue weighted by Crippen LogP contribution is -2.49. The van der Waals surface area contributed by atoms with E-state index >= 15 is 0 Å². The first-order chi connectivity index (χ1) is 5.15. The monoisotopic (exact) mass is 153 g/mol. The second-order valence-corrected chi connectivity index (χ2v) is 3.39. The number of rotatable bonds is 2. The molecule has 2 nitrogen and oxygen atoms in total. The van der Waals surface area contributed by atoms with E-state index in [0.717, 1.165) is 12.3 Å². The molecule has 0 spiro atoms. The van der Waals surface area contributed by atoms with Crippen LogP contribution in [0.5, 0.6) is 0 Å². The van der Waals surface area contributed by atoms with Gasteiger partial charge in [0.05, 0.1) is 0 Å². The van der Waals surface area contributed by atoms with Gasteiger partial charge in [-0.3, -0.25) is 4.79 Å². The summed E-state index contributed by atoms with van der Waals surface area (Å²) in [5, 5.41) is 2.89. The van der Waals surface area contributed by atoms with Crippen LogP contribution in [-0.2, 0) is 4.79 Å². The van der Waals surface area contributed by atoms with E-state index in [2.05, 4.69) is 25.7 Å². The van der Waals surface area contributed by atoms with Crippen molar-refractivity contribution >= 4 is 5.91 Å². The molecule has 3 unspecified atom stereocenters. The summed E-state index contributed by atoms with van der Waals surface area (Å²) < 4.78 is 0. The van der Waals surface area contributed by atoms with Gasteiger partial charge in [-0.1, -0.05) is 20.4 Å². The summed E-state index contributed by atoms with van der Waals surface area (Å²) in [5.74, 6) is 1.33. The van der Waals surface area contributed by atoms with Gasteiger partial charge in [-0.15, -0.1) is 0 Å². The Labute approximate surface area is 67.7 Å². The van der Waals surface area contributed by atoms with Crippen LogP contribution >= 0.6 is 0 Å². The van der Waals surface area contributed by atoms with Gasteiger partial charge in [0.1, 0.15) is 0 Å². The molecule has 1 saturated carbocycles. The van der Waals surface area contributed by atoms with Crippen molar-refractivity contribution in [2.24, 2.45) is 11.8 Å². The Kier molecular flexibility index (Phi) is 2.32. The van der Waals surface area contributed by atoms with Gasteiger partial charge >= 0.3 is 0 Å². The fraction of sp³-hybridized carbons (Fsp3) is 0.667. The van der Waals surface area contributed by atoms with E-state index in [9.17, 15) is 4.79 Å². The van der Waals surface area contributed by atoms with Crippen LogP contribution in [0, 0.1) is 11.8 Å². The highest BCUT2D eigenvalue weighted by molar-refractivity contribution is 5.87. The van der Waals surface area contributed by atoms with Crippen molar-refractivity contribution in [1.29, 1.82) is 0 Å². The SMILES string of the molecule is C=CC(=O)NC1CC(C)C1C. The van der Waals surface area contributed by atoms with E-state index in [-0.39, 0.29) is 5.91 Å². The van der Waals surface area contributed by atoms with E-state index in [1.807, 2.05) is 0 Å². The highest BCUT2D eigenvalue weighted by Gasteiger charge is 2.34. The molecule has 3 atom stereocenters. The number of hydrogen-bond acceptors (Lipinski definition) is 1. The third kappa shape index (κ3) is 1.62. The molecule has 11 heavy (non-hydrogen) atoms. The molecular formula is C9H15NO. The molecule has 1 aliphatic rings. The Morgan fingerprint density at radius 1 is 1.64 bits per heavy atom. The number of nitrogens with one attached hydrogen (secondary N) is 1. The molecule has 0 radical (unpaired) electrons. The van der Waals surface area contributed by atoms with Crippen LogP contribution in [0.1, 0.15) is 20.3 Å². The van der Waals surface area contributed by atoms with Crippen molar-refractivity contribution in [1.82, 2.24) is 5.32 Å². The largest absolute Gasteiger partial charge is 0.350 e. The summed E-state index contributed by atoms with van der Waals surface area (Å²) in [6, 6.07) is 0.385. The minimum atomic E-state index is -0.0475. The number of amides is 1. The molecule has 1 N–H and O–H groups in total. The lowest BCUT2D eigenvalue weighted by atomic mass is 9.71. The summed E-state index contributed by atoms with van der Waals surface area (Å²) in [4.78, 5) is 10.8. The van der Waals surface area contributed by atoms with E-state index in [0.29, 0.717) is 12.0 Å². The summed E-state index contributed by atoms with van der Waals surface area (Å²) in [5.41, 5.74) is 0. The van der Waals surface area contributed by atoms with Crippen molar-refractivity contribution in [3.8, 4) is 0 Å². The third-order valence-electron chi connectivity index (χ3n) is 2.67. The van der Waals surface area contributed by atoms with E-state index in [1.165, 1.54) is 6.08 Å². The molecule has 0 aliphatic heterocycles. The van der Waals surface area contributed by atoms with Gasteiger partial charge in [0.25, 0.3) is 0 Å². The molecule has 1 aliphatic carbocycles. The molecule has 2 heteroatoms. The Balaban J connectivity index is 2.30. The predicted octanol–water partition coefficient (Wildman–Crippen LogP) is 1.33. The van der Waals surface area contributed by atoms with Gasteiger partial charge < -0.3 is 5.32 Å². The first kappa shape index (κ1) is 8.31. The van der Waals surface area contributed by atoms with Crippen LogP contribution in [0.15, 0.2) is 12.7 Å². The molecule has 0 saturated heterocycles. The van der Waals surface area contributed by atoms with Gasteiger partial charge in [0, 0.05) is 6.04 Å². The number of hydrogen-bond donors (Lipinski definition) is 1. The van der Waals surface area contributed by atoms with Crippen molar-refractivity contribution in [3.05, 3.63) is 12.7 Å². The van der Waals surface area contributed by atoms with Crippen LogP contribution in [-0.4, -0.2) is 11.9 Å². The Morgan fingerprint density at radius 2 is 2.27 bits per heavy atom. The molecule has 1 rings (SSSR count). The fourth-order valence-electron chi connectivity index (χ4n) is 1.46. The minimum Gasteiger partial charge on any atom is -0.350 e. The lowest BCUT2D eigenvalue weighted by molar-refractivity contribution is -0.118. The topological polar surface area (TPSA) is 29.1 Å². The Bertz CT molecular complexity index is 176. The quantitative estimate of drug-likeness (QED) is 0.596. The molecule has 1 fully saturated rings. The molecule has 62 valence electrons. The fourth-order valence-corrected chi connectivity index (χ4v) is 1.46. The van der Waals surface area contributed by atoms with Crippen LogP contribution in [0.25, 0.3) is 0 Å². The molecule has 0 aromatic heterocycles. The average molecular weight is 153 g/mol. The van der Waals surface area contributed by atoms with Gasteiger partial charge in [0.15, 0.2) is 0 Å². The van der Waals surface area contributed by atoms with Crippen LogP contribution in [0.4, 0.5) is 0 Å². The zero-order valence-electron chi connectivity index (χ0n) is 7.13. The Hall–Kier alpha value is -0.790. The maximum absolute atomic E-state index is 10.8. The first-order valence-electron chi connectivity index (χ1n) is 4.08. The Morgan fingerprint density at radius 3 is 2.64 bits per heavy atom. The smallest absolute Gasteiger partial charge is 0.243 e. The maximum atomic E-state index is 10.8. The maximum Gasteiger partial charge on any atom is 0.243 e. The van der Waals surface area contributed by atoms with Gasteiger partial charge in [0.2, 0.25) is 5.91 Å². The number of carbonyl (C=O) groups is 1. The standard InChI is InChI=1S/C9H15NO/c1-4-9(11)10-8-5-6(2)7(8)3/h4,6-8H,1,5H2,2-3H3,(H,10,11). The normalized spacial score (nSPS) is 35.6. The zero-order chi connectivity index (χ0) is 8.43. The van der Waals surface area contributed by atoms with Crippen molar-refractivity contribution in [2.45, 2.75) is 26.3 Å². The predicted molar refractivity (Wildman–Crippen MR) is 45.1 cm³/mol. The van der Waals surface area contributed by atoms with Gasteiger partial charge in [-0.25, -0.2) is 0 Å². The molecule has 0 heterocycles. The first-order valence-corrected chi connectivity index (χ1v) is 4.08. The van der Waals surface area contributed by atoms with Gasteiger partial charge in [-0.05, 0) is 24.3 Å². The zero-order valence-corrected chi connectivity index (χ0v) is 7.13. The molecule has 0 aromatic carbocycles. The summed E-state index contributed by atoms with van der Waals surface area (Å²) in [7, 11) is 0. The number of carbonyl (C=O) groups excluding carboxylic acids is 1. The molecule has 1 amide bonds. The van der Waals surface area contributed by atoms with Crippen LogP contribution < -0.4 is 5.32 Å². The van der Waals surface area contributed by atoms with Gasteiger partial charge in [-0.2, -0.15) is 0 Å². The minimum absolute atomic E-state index is 0.0475. The van der Waals surface area contributed by atoms with Crippen LogP contribution in [0.3, 0.4) is 0 Å². The summed E-state index contributed by atoms with van der Waals surface area (Å²) in [6.07, 6.45) is 2.44. The molecular weight excluding hydrogens is 138 g/mol. The summed E-state index contributed by atoms with van der Waals surface area (Å²) in [6.45, 7) is 7.78. The van der Waals surface area contributed by atoms with Crippen molar-refractivity contribution in [3.63, 3.8) is 0 Å². The highest BCUT2D eigenvalue weighted by Crippen LogP contribution is 2.33. The van der Waals surface area contributed by atoms with E-state index < -0.39 is 0 Å². The second-order valence-electron chi connectivity index (χ2n) is 3.39. The van der Waals surface area contributed by atoms with E-state index in [1.54, 1.807) is 0 Å². The summed E-state index contributed by atoms with van der Waals surface area (Å²) >= 11 is 0. The van der Waals surface area contributed by atoms with Crippen LogP contribution in [0.2, 0.25) is 0 Å². The average Bonchev–Trinajstić information content (AvgIpc) is 2.03. The van der Waals surface area contributed by atoms with E-state index in [4.69, 9.17) is 0 Å².